The molecule has 0 aliphatic rings. The second kappa shape index (κ2) is 8.68. The average Bonchev–Trinajstić information content (AvgIpc) is 3.13. The fourth-order valence-electron chi connectivity index (χ4n) is 2.61. The van der Waals surface area contributed by atoms with Gasteiger partial charge in [0.1, 0.15) is 11.3 Å². The number of hydrogen-bond acceptors (Lipinski definition) is 6. The molecular weight excluding hydrogens is 463 g/mol. The molecule has 0 spiro atoms. The van der Waals surface area contributed by atoms with Crippen LogP contribution in [0.3, 0.4) is 0 Å². The van der Waals surface area contributed by atoms with Crippen LogP contribution in [-0.4, -0.2) is 42.5 Å². The number of imidazole rings is 1. The quantitative estimate of drug-likeness (QED) is 0.132. The molecule has 0 amide bonds. The number of benzene rings is 2. The van der Waals surface area contributed by atoms with Crippen LogP contribution < -0.4 is 20.2 Å². The number of amidine groups is 1. The summed E-state index contributed by atoms with van der Waals surface area (Å²) < 4.78 is 65.4. The summed E-state index contributed by atoms with van der Waals surface area (Å²) in [6.07, 6.45) is 0. The molecule has 0 unspecified atom stereocenters. The summed E-state index contributed by atoms with van der Waals surface area (Å²) in [6, 6.07) is 3.81. The predicted octanol–water partition coefficient (Wildman–Crippen LogP) is 2.06. The molecule has 0 saturated carbocycles. The standard InChI is InChI=1S/C16H15ClF3N7O3S/c17-9-5-7(1-2-10(9)18)27(28)15(21)8-6-11(19)12(20)14-13(8)25-16(26-14)23-3-4-24-31(22,29)30/h1-2,5-6,21,24,28H,3-4H2,(H2,22,29,30)(H2,23,25,26). The molecule has 0 saturated heterocycles. The van der Waals surface area contributed by atoms with E-state index in [-0.39, 0.29) is 40.8 Å². The lowest BCUT2D eigenvalue weighted by atomic mass is 10.1. The zero-order valence-corrected chi connectivity index (χ0v) is 17.0. The summed E-state index contributed by atoms with van der Waals surface area (Å²) >= 11 is 5.67. The molecule has 10 nitrogen and oxygen atoms in total. The minimum atomic E-state index is -3.90. The third-order valence-electron chi connectivity index (χ3n) is 4.00. The Bertz CT molecular complexity index is 1270. The minimum absolute atomic E-state index is 0.00661. The smallest absolute Gasteiger partial charge is 0.274 e. The van der Waals surface area contributed by atoms with E-state index < -0.39 is 39.0 Å². The molecule has 1 aromatic heterocycles. The monoisotopic (exact) mass is 477 g/mol. The summed E-state index contributed by atoms with van der Waals surface area (Å²) in [7, 11) is -3.90. The maximum Gasteiger partial charge on any atom is 0.274 e. The maximum absolute atomic E-state index is 14.2. The molecule has 3 rings (SSSR count). The first-order valence-electron chi connectivity index (χ1n) is 8.40. The summed E-state index contributed by atoms with van der Waals surface area (Å²) in [5, 5.41) is 25.9. The third kappa shape index (κ3) is 5.05. The van der Waals surface area contributed by atoms with Crippen molar-refractivity contribution >= 4 is 50.3 Å². The van der Waals surface area contributed by atoms with Crippen molar-refractivity contribution in [2.75, 3.05) is 23.5 Å². The Morgan fingerprint density at radius 2 is 1.97 bits per heavy atom. The van der Waals surface area contributed by atoms with Gasteiger partial charge in [0.15, 0.2) is 17.5 Å². The molecular formula is C16H15ClF3N7O3S. The number of nitrogens with two attached hydrogens (primary N) is 1. The van der Waals surface area contributed by atoms with Crippen LogP contribution in [0.15, 0.2) is 24.3 Å². The number of fused-ring (bicyclic) bond motifs is 1. The van der Waals surface area contributed by atoms with Gasteiger partial charge in [0.2, 0.25) is 5.95 Å². The molecule has 0 radical (unpaired) electrons. The molecule has 3 aromatic rings. The van der Waals surface area contributed by atoms with E-state index in [1.165, 1.54) is 0 Å². The van der Waals surface area contributed by atoms with Crippen LogP contribution in [0.4, 0.5) is 24.8 Å². The van der Waals surface area contributed by atoms with Gasteiger partial charge in [-0.25, -0.2) is 33.1 Å². The topological polar surface area (TPSA) is 160 Å². The van der Waals surface area contributed by atoms with E-state index in [0.29, 0.717) is 11.1 Å². The predicted molar refractivity (Wildman–Crippen MR) is 108 cm³/mol. The first-order valence-corrected chi connectivity index (χ1v) is 10.3. The van der Waals surface area contributed by atoms with Gasteiger partial charge < -0.3 is 10.3 Å². The highest BCUT2D eigenvalue weighted by Gasteiger charge is 2.23. The van der Waals surface area contributed by atoms with Gasteiger partial charge in [-0.15, -0.1) is 0 Å². The highest BCUT2D eigenvalue weighted by molar-refractivity contribution is 7.87. The van der Waals surface area contributed by atoms with Gasteiger partial charge in [-0.3, -0.25) is 10.6 Å². The third-order valence-corrected chi connectivity index (χ3v) is 4.89. The second-order valence-electron chi connectivity index (χ2n) is 6.15. The summed E-state index contributed by atoms with van der Waals surface area (Å²) in [6.45, 7) is -0.127. The van der Waals surface area contributed by atoms with E-state index in [4.69, 9.17) is 22.1 Å². The maximum atomic E-state index is 14.2. The van der Waals surface area contributed by atoms with Crippen molar-refractivity contribution in [1.82, 2.24) is 14.7 Å². The fourth-order valence-corrected chi connectivity index (χ4v) is 3.17. The Morgan fingerprint density at radius 1 is 1.26 bits per heavy atom. The molecule has 2 aromatic carbocycles. The van der Waals surface area contributed by atoms with E-state index in [2.05, 4.69) is 15.3 Å². The first kappa shape index (κ1) is 22.8. The number of nitrogens with one attached hydrogen (secondary N) is 4. The number of nitrogens with zero attached hydrogens (tertiary/aromatic N) is 2. The molecule has 0 aliphatic heterocycles. The molecule has 7 N–H and O–H groups in total. The summed E-state index contributed by atoms with van der Waals surface area (Å²) in [4.78, 5) is 6.49. The van der Waals surface area contributed by atoms with Gasteiger partial charge in [-0.05, 0) is 24.3 Å². The minimum Gasteiger partial charge on any atom is -0.354 e. The van der Waals surface area contributed by atoms with Crippen molar-refractivity contribution < 1.29 is 26.8 Å². The van der Waals surface area contributed by atoms with Crippen LogP contribution in [0.5, 0.6) is 0 Å². The Morgan fingerprint density at radius 3 is 2.61 bits per heavy atom. The highest BCUT2D eigenvalue weighted by Crippen LogP contribution is 2.28. The molecule has 0 aliphatic carbocycles. The van der Waals surface area contributed by atoms with Crippen LogP contribution in [0.2, 0.25) is 5.02 Å². The molecule has 0 bridgehead atoms. The summed E-state index contributed by atoms with van der Waals surface area (Å²) in [5.74, 6) is -4.11. The number of hydrogen-bond donors (Lipinski definition) is 6. The number of H-pyrrole nitrogens is 1. The van der Waals surface area contributed by atoms with Crippen LogP contribution in [0.25, 0.3) is 11.0 Å². The SMILES string of the molecule is N=C(c1cc(F)c(F)c2nc(NCCNS(N)(=O)=O)[nH]c12)N(O)c1ccc(F)c(Cl)c1. The largest absolute Gasteiger partial charge is 0.354 e. The van der Waals surface area contributed by atoms with E-state index in [9.17, 15) is 26.8 Å². The van der Waals surface area contributed by atoms with Crippen molar-refractivity contribution in [3.63, 3.8) is 0 Å². The first-order chi connectivity index (χ1) is 14.5. The Hall–Kier alpha value is -2.91. The van der Waals surface area contributed by atoms with Gasteiger partial charge in [0.25, 0.3) is 10.2 Å². The van der Waals surface area contributed by atoms with E-state index in [1.54, 1.807) is 0 Å². The molecule has 0 atom stereocenters. The Labute approximate surface area is 178 Å². The highest BCUT2D eigenvalue weighted by atomic mass is 35.5. The molecule has 0 fully saturated rings. The number of rotatable bonds is 7. The lowest BCUT2D eigenvalue weighted by Crippen LogP contribution is -2.34. The van der Waals surface area contributed by atoms with E-state index >= 15 is 0 Å². The van der Waals surface area contributed by atoms with Gasteiger partial charge in [0.05, 0.1) is 16.2 Å². The van der Waals surface area contributed by atoms with Crippen molar-refractivity contribution in [3.8, 4) is 0 Å². The Kier molecular flexibility index (Phi) is 6.38. The molecule has 166 valence electrons. The van der Waals surface area contributed by atoms with E-state index in [1.807, 2.05) is 4.72 Å². The van der Waals surface area contributed by atoms with Gasteiger partial charge in [0, 0.05) is 18.7 Å². The van der Waals surface area contributed by atoms with Crippen LogP contribution in [-0.2, 0) is 10.2 Å². The van der Waals surface area contributed by atoms with Crippen LogP contribution in [0, 0.1) is 22.9 Å². The normalized spacial score (nSPS) is 11.7. The molecule has 31 heavy (non-hydrogen) atoms. The van der Waals surface area contributed by atoms with Crippen molar-refractivity contribution in [2.24, 2.45) is 5.14 Å². The number of anilines is 2. The fraction of sp³-hybridized carbons (Fsp3) is 0.125. The number of aromatic amines is 1. The van der Waals surface area contributed by atoms with Gasteiger partial charge in [-0.2, -0.15) is 8.42 Å². The van der Waals surface area contributed by atoms with Gasteiger partial charge >= 0.3 is 0 Å². The number of halogens is 4. The molecule has 15 heteroatoms. The van der Waals surface area contributed by atoms with Crippen LogP contribution >= 0.6 is 11.6 Å². The Balaban J connectivity index is 1.92. The summed E-state index contributed by atoms with van der Waals surface area (Å²) in [5.41, 5.74) is -0.952. The van der Waals surface area contributed by atoms with Crippen molar-refractivity contribution in [2.45, 2.75) is 0 Å². The van der Waals surface area contributed by atoms with Gasteiger partial charge in [-0.1, -0.05) is 11.6 Å². The average molecular weight is 478 g/mol. The lowest BCUT2D eigenvalue weighted by molar-refractivity contribution is 0.312. The zero-order chi connectivity index (χ0) is 22.9. The zero-order valence-electron chi connectivity index (χ0n) is 15.4. The second-order valence-corrected chi connectivity index (χ2v) is 7.94. The lowest BCUT2D eigenvalue weighted by Gasteiger charge is -2.18. The van der Waals surface area contributed by atoms with Crippen molar-refractivity contribution in [3.05, 3.63) is 52.3 Å². The van der Waals surface area contributed by atoms with Crippen LogP contribution in [0.1, 0.15) is 5.56 Å². The number of hydroxylamine groups is 1. The van der Waals surface area contributed by atoms with E-state index in [0.717, 1.165) is 18.2 Å². The van der Waals surface area contributed by atoms with Crippen molar-refractivity contribution in [1.29, 1.82) is 5.41 Å². The molecule has 1 heterocycles. The number of aromatic nitrogens is 2.